The number of aromatic nitrogens is 2. The van der Waals surface area contributed by atoms with E-state index >= 15 is 0 Å². The molecule has 1 aromatic heterocycles. The van der Waals surface area contributed by atoms with Crippen LogP contribution in [-0.4, -0.2) is 14.7 Å². The maximum absolute atomic E-state index is 9.69. The molecule has 3 nitrogen and oxygen atoms in total. The number of hydrogen-bond donors (Lipinski definition) is 1. The van der Waals surface area contributed by atoms with Gasteiger partial charge in [-0.2, -0.15) is 0 Å². The van der Waals surface area contributed by atoms with Gasteiger partial charge in [-0.3, -0.25) is 0 Å². The highest BCUT2D eigenvalue weighted by atomic mass is 16.3. The first-order chi connectivity index (χ1) is 14.2. The summed E-state index contributed by atoms with van der Waals surface area (Å²) in [6.45, 7) is 7.54. The molecule has 0 aliphatic carbocycles. The molecule has 1 N–H and O–H groups in total. The Balaban J connectivity index is 1.56. The molecule has 0 unspecified atom stereocenters. The van der Waals surface area contributed by atoms with Crippen molar-refractivity contribution in [1.29, 1.82) is 0 Å². The van der Waals surface area contributed by atoms with Gasteiger partial charge in [-0.05, 0) is 43.5 Å². The van der Waals surface area contributed by atoms with E-state index in [1.165, 1.54) is 107 Å². The first kappa shape index (κ1) is 23.9. The van der Waals surface area contributed by atoms with Crippen LogP contribution in [-0.2, 0) is 13.2 Å². The summed E-state index contributed by atoms with van der Waals surface area (Å²) in [5, 5.41) is 9.69. The van der Waals surface area contributed by atoms with Gasteiger partial charge in [0.1, 0.15) is 12.4 Å². The quantitative estimate of drug-likeness (QED) is 0.294. The van der Waals surface area contributed by atoms with E-state index in [4.69, 9.17) is 0 Å². The average molecular weight is 401 g/mol. The maximum atomic E-state index is 9.69. The van der Waals surface area contributed by atoms with Crippen molar-refractivity contribution in [1.82, 2.24) is 9.55 Å². The second-order valence-corrected chi connectivity index (χ2v) is 8.86. The number of hydrogen-bond acceptors (Lipinski definition) is 2. The highest BCUT2D eigenvalue weighted by molar-refractivity contribution is 5.78. The van der Waals surface area contributed by atoms with Gasteiger partial charge in [0.2, 0.25) is 0 Å². The molecule has 0 saturated heterocycles. The predicted octanol–water partition coefficient (Wildman–Crippen LogP) is 7.63. The molecule has 0 amide bonds. The lowest BCUT2D eigenvalue weighted by atomic mass is 10.0. The predicted molar refractivity (Wildman–Crippen MR) is 125 cm³/mol. The molecule has 0 radical (unpaired) electrons. The zero-order valence-corrected chi connectivity index (χ0v) is 19.3. The molecule has 0 spiro atoms. The fraction of sp³-hybridized carbons (Fsp3) is 0.731. The van der Waals surface area contributed by atoms with Crippen LogP contribution in [0.25, 0.3) is 11.0 Å². The topological polar surface area (TPSA) is 38.0 Å². The van der Waals surface area contributed by atoms with Crippen LogP contribution in [0.5, 0.6) is 0 Å². The van der Waals surface area contributed by atoms with Crippen LogP contribution in [0.1, 0.15) is 114 Å². The smallest absolute Gasteiger partial charge is 0.135 e. The third-order valence-electron chi connectivity index (χ3n) is 6.32. The summed E-state index contributed by atoms with van der Waals surface area (Å²) < 4.78 is 2.22. The molecule has 2 rings (SSSR count). The van der Waals surface area contributed by atoms with Crippen LogP contribution in [0.3, 0.4) is 0 Å². The van der Waals surface area contributed by atoms with Crippen LogP contribution in [0.4, 0.5) is 0 Å². The zero-order valence-electron chi connectivity index (χ0n) is 19.3. The molecule has 0 aliphatic rings. The van der Waals surface area contributed by atoms with Gasteiger partial charge in [-0.1, -0.05) is 90.4 Å². The minimum atomic E-state index is 0.0192. The summed E-state index contributed by atoms with van der Waals surface area (Å²) >= 11 is 0. The third-order valence-corrected chi connectivity index (χ3v) is 6.32. The van der Waals surface area contributed by atoms with Gasteiger partial charge in [0.25, 0.3) is 0 Å². The second kappa shape index (κ2) is 13.8. The number of nitrogens with zero attached hydrogens (tertiary/aromatic N) is 2. The van der Waals surface area contributed by atoms with Crippen molar-refractivity contribution in [2.75, 3.05) is 0 Å². The van der Waals surface area contributed by atoms with E-state index in [0.29, 0.717) is 0 Å². The fourth-order valence-electron chi connectivity index (χ4n) is 4.26. The lowest BCUT2D eigenvalue weighted by molar-refractivity contribution is 0.265. The van der Waals surface area contributed by atoms with E-state index in [0.717, 1.165) is 17.9 Å². The summed E-state index contributed by atoms with van der Waals surface area (Å²) in [5.41, 5.74) is 4.75. The van der Waals surface area contributed by atoms with Gasteiger partial charge in [0, 0.05) is 6.54 Å². The van der Waals surface area contributed by atoms with E-state index in [2.05, 4.69) is 42.5 Å². The molecule has 3 heteroatoms. The first-order valence-corrected chi connectivity index (χ1v) is 12.2. The molecule has 0 bridgehead atoms. The Bertz CT molecular complexity index is 704. The van der Waals surface area contributed by atoms with Crippen LogP contribution in [0.15, 0.2) is 12.1 Å². The van der Waals surface area contributed by atoms with Crippen molar-refractivity contribution in [2.45, 2.75) is 124 Å². The van der Waals surface area contributed by atoms with E-state index < -0.39 is 0 Å². The molecule has 0 atom stereocenters. The number of imidazole rings is 1. The molecule has 29 heavy (non-hydrogen) atoms. The van der Waals surface area contributed by atoms with Crippen molar-refractivity contribution in [3.8, 4) is 0 Å². The number of aryl methyl sites for hydroxylation is 3. The SMILES string of the molecule is CCCCCCCCCCCCCCCCn1c(CO)nc2cc(C)c(C)cc21. The Labute approximate surface area is 178 Å². The molecule has 164 valence electrons. The zero-order chi connectivity index (χ0) is 20.9. The average Bonchev–Trinajstić information content (AvgIpc) is 3.05. The number of benzene rings is 1. The monoisotopic (exact) mass is 400 g/mol. The van der Waals surface area contributed by atoms with Crippen LogP contribution in [0, 0.1) is 13.8 Å². The molecular weight excluding hydrogens is 356 g/mol. The second-order valence-electron chi connectivity index (χ2n) is 8.86. The van der Waals surface area contributed by atoms with E-state index in [1.807, 2.05) is 0 Å². The molecule has 0 fully saturated rings. The molecule has 1 heterocycles. The Morgan fingerprint density at radius 2 is 1.21 bits per heavy atom. The molecule has 2 aromatic rings. The summed E-state index contributed by atoms with van der Waals surface area (Å²) in [6, 6.07) is 4.37. The van der Waals surface area contributed by atoms with Crippen molar-refractivity contribution in [3.63, 3.8) is 0 Å². The standard InChI is InChI=1S/C26H44N2O/c1-4-5-6-7-8-9-10-11-12-13-14-15-16-17-18-28-25-20-23(3)22(2)19-24(25)27-26(28)21-29/h19-20,29H,4-18,21H2,1-3H3. The normalized spacial score (nSPS) is 11.6. The lowest BCUT2D eigenvalue weighted by Crippen LogP contribution is -2.04. The number of fused-ring (bicyclic) bond motifs is 1. The Kier molecular flexibility index (Phi) is 11.4. The van der Waals surface area contributed by atoms with Gasteiger partial charge in [0.15, 0.2) is 0 Å². The fourth-order valence-corrected chi connectivity index (χ4v) is 4.26. The van der Waals surface area contributed by atoms with Crippen LogP contribution in [0.2, 0.25) is 0 Å². The minimum absolute atomic E-state index is 0.0192. The minimum Gasteiger partial charge on any atom is -0.388 e. The Morgan fingerprint density at radius 1 is 0.724 bits per heavy atom. The number of aliphatic hydroxyl groups is 1. The number of aliphatic hydroxyl groups excluding tert-OH is 1. The summed E-state index contributed by atoms with van der Waals surface area (Å²) in [5.74, 6) is 0.805. The van der Waals surface area contributed by atoms with Crippen molar-refractivity contribution in [3.05, 3.63) is 29.1 Å². The Morgan fingerprint density at radius 3 is 1.72 bits per heavy atom. The van der Waals surface area contributed by atoms with E-state index in [-0.39, 0.29) is 6.61 Å². The molecule has 1 aromatic carbocycles. The first-order valence-electron chi connectivity index (χ1n) is 12.2. The number of rotatable bonds is 16. The maximum Gasteiger partial charge on any atom is 0.135 e. The summed E-state index contributed by atoms with van der Waals surface area (Å²) in [4.78, 5) is 4.63. The van der Waals surface area contributed by atoms with Crippen LogP contribution >= 0.6 is 0 Å². The summed E-state index contributed by atoms with van der Waals surface area (Å²) in [7, 11) is 0. The molecule has 0 aliphatic heterocycles. The van der Waals surface area contributed by atoms with Gasteiger partial charge < -0.3 is 9.67 Å². The number of unbranched alkanes of at least 4 members (excludes halogenated alkanes) is 13. The van der Waals surface area contributed by atoms with Crippen LogP contribution < -0.4 is 0 Å². The van der Waals surface area contributed by atoms with Crippen molar-refractivity contribution < 1.29 is 5.11 Å². The third kappa shape index (κ3) is 8.12. The van der Waals surface area contributed by atoms with Gasteiger partial charge in [0.05, 0.1) is 11.0 Å². The van der Waals surface area contributed by atoms with Gasteiger partial charge >= 0.3 is 0 Å². The Hall–Kier alpha value is -1.35. The molecular formula is C26H44N2O. The van der Waals surface area contributed by atoms with Crippen molar-refractivity contribution in [2.24, 2.45) is 0 Å². The van der Waals surface area contributed by atoms with E-state index in [1.54, 1.807) is 0 Å². The highest BCUT2D eigenvalue weighted by Gasteiger charge is 2.11. The van der Waals surface area contributed by atoms with Gasteiger partial charge in [-0.15, -0.1) is 0 Å². The van der Waals surface area contributed by atoms with Gasteiger partial charge in [-0.25, -0.2) is 4.98 Å². The lowest BCUT2D eigenvalue weighted by Gasteiger charge is -2.09. The largest absolute Gasteiger partial charge is 0.388 e. The highest BCUT2D eigenvalue weighted by Crippen LogP contribution is 2.22. The van der Waals surface area contributed by atoms with E-state index in [9.17, 15) is 5.11 Å². The van der Waals surface area contributed by atoms with Crippen molar-refractivity contribution >= 4 is 11.0 Å². The summed E-state index contributed by atoms with van der Waals surface area (Å²) in [6.07, 6.45) is 19.3. The molecule has 0 saturated carbocycles.